The molecule has 0 amide bonds. The average molecular weight is 1060 g/mol. The molecule has 0 aliphatic carbocycles. The molecule has 3 aliphatic rings. The van der Waals surface area contributed by atoms with Gasteiger partial charge < -0.3 is 63.1 Å². The van der Waals surface area contributed by atoms with E-state index in [0.29, 0.717) is 49.6 Å². The molecule has 0 bridgehead atoms. The van der Waals surface area contributed by atoms with E-state index in [-0.39, 0.29) is 25.2 Å². The second kappa shape index (κ2) is 28.1. The number of esters is 1. The Bertz CT molecular complexity index is 2270. The minimum absolute atomic E-state index is 0.0109. The minimum Gasteiger partial charge on any atom is -0.492 e. The zero-order chi connectivity index (χ0) is 53.6. The molecule has 5 heterocycles. The van der Waals surface area contributed by atoms with E-state index < -0.39 is 116 Å². The summed E-state index contributed by atoms with van der Waals surface area (Å²) in [7, 11) is 4.70. The van der Waals surface area contributed by atoms with E-state index in [1.165, 1.54) is 31.8 Å². The zero-order valence-corrected chi connectivity index (χ0v) is 44.6. The van der Waals surface area contributed by atoms with Crippen molar-refractivity contribution in [2.45, 2.75) is 160 Å². The highest BCUT2D eigenvalue weighted by atomic mass is 32.1. The van der Waals surface area contributed by atoms with Crippen LogP contribution >= 0.6 is 11.5 Å². The Hall–Kier alpha value is -4.43. The van der Waals surface area contributed by atoms with Gasteiger partial charge in [0.05, 0.1) is 72.9 Å². The summed E-state index contributed by atoms with van der Waals surface area (Å²) in [6.45, 7) is 11.6. The van der Waals surface area contributed by atoms with Crippen LogP contribution in [0.25, 0.3) is 10.4 Å². The highest BCUT2D eigenvalue weighted by Crippen LogP contribution is 2.35. The molecule has 4 N–H and O–H groups in total. The van der Waals surface area contributed by atoms with E-state index >= 15 is 0 Å². The highest BCUT2D eigenvalue weighted by molar-refractivity contribution is 7.09. The molecule has 0 saturated carbocycles. The lowest BCUT2D eigenvalue weighted by Gasteiger charge is -2.47. The van der Waals surface area contributed by atoms with Crippen LogP contribution in [-0.4, -0.2) is 189 Å². The summed E-state index contributed by atoms with van der Waals surface area (Å²) in [6, 6.07) is 6.79. The van der Waals surface area contributed by atoms with Crippen LogP contribution in [0.5, 0.6) is 5.75 Å². The first kappa shape index (κ1) is 58.8. The minimum atomic E-state index is -1.42. The summed E-state index contributed by atoms with van der Waals surface area (Å²) >= 11 is 1.32. The summed E-state index contributed by atoms with van der Waals surface area (Å²) < 4.78 is 53.9. The first-order valence-corrected chi connectivity index (χ1v) is 26.2. The number of carbonyl (C=O) groups excluding carboxylic acids is 3. The number of aliphatic hydroxyl groups is 4. The Labute approximate surface area is 437 Å². The zero-order valence-electron chi connectivity index (χ0n) is 43.8. The number of ether oxygens (including phenoxy) is 8. The molecular formula is C52H76N6O15S. The van der Waals surface area contributed by atoms with Gasteiger partial charge in [-0.25, -0.2) is 4.68 Å². The molecule has 1 aromatic carbocycles. The van der Waals surface area contributed by atoms with Crippen LogP contribution in [0.2, 0.25) is 0 Å². The van der Waals surface area contributed by atoms with Gasteiger partial charge in [-0.3, -0.25) is 14.5 Å². The van der Waals surface area contributed by atoms with Gasteiger partial charge in [-0.2, -0.15) is 0 Å². The molecule has 0 radical (unpaired) electrons. The third-order valence-electron chi connectivity index (χ3n) is 14.4. The SMILES string of the molecule is CC[C@H]1OC(=O)C[C@@H](O)[C@H](C)[C@@H](O[C@@H]2O[C@H](C)[C@@H](O)[C@H](N(C)CCc3cn(CCOc4ccc(-c5cnns5)cc4)nn3)[C@H]2O)[C@@H](CC=O)C[C@@H](C)C(=O)/C=C/C(C)=C/[C@@H]1CO[C@@H]1O[C@H](C)[C@@H](O)[C@@H](OC)[C@H]1OC. The van der Waals surface area contributed by atoms with E-state index in [2.05, 4.69) is 19.9 Å². The van der Waals surface area contributed by atoms with Crippen LogP contribution in [0.1, 0.15) is 72.9 Å². The predicted octanol–water partition coefficient (Wildman–Crippen LogP) is 3.36. The molecule has 3 aliphatic heterocycles. The maximum atomic E-state index is 13.8. The van der Waals surface area contributed by atoms with Crippen molar-refractivity contribution in [1.29, 1.82) is 0 Å². The molecule has 0 unspecified atom stereocenters. The lowest BCUT2D eigenvalue weighted by molar-refractivity contribution is -0.305. The number of cyclic esters (lactones) is 1. The van der Waals surface area contributed by atoms with Crippen molar-refractivity contribution in [3.8, 4) is 16.2 Å². The number of hydrogen-bond donors (Lipinski definition) is 4. The van der Waals surface area contributed by atoms with E-state index in [9.17, 15) is 34.8 Å². The number of methoxy groups -OCH3 is 2. The Morgan fingerprint density at radius 3 is 2.32 bits per heavy atom. The number of aldehydes is 1. The van der Waals surface area contributed by atoms with E-state index in [4.69, 9.17) is 37.9 Å². The highest BCUT2D eigenvalue weighted by Gasteiger charge is 2.48. The monoisotopic (exact) mass is 1060 g/mol. The molecule has 6 rings (SSSR count). The van der Waals surface area contributed by atoms with Gasteiger partial charge in [-0.1, -0.05) is 48.2 Å². The number of rotatable bonds is 19. The summed E-state index contributed by atoms with van der Waals surface area (Å²) in [6.07, 6.45) is -2.30. The van der Waals surface area contributed by atoms with E-state index in [1.54, 1.807) is 56.6 Å². The largest absolute Gasteiger partial charge is 0.492 e. The van der Waals surface area contributed by atoms with Gasteiger partial charge in [0.25, 0.3) is 0 Å². The quantitative estimate of drug-likeness (QED) is 0.0990. The molecule has 0 spiro atoms. The van der Waals surface area contributed by atoms with Crippen molar-refractivity contribution < 1.29 is 72.7 Å². The maximum Gasteiger partial charge on any atom is 0.308 e. The van der Waals surface area contributed by atoms with Crippen molar-refractivity contribution >= 4 is 29.6 Å². The first-order chi connectivity index (χ1) is 35.5. The third kappa shape index (κ3) is 15.4. The Balaban J connectivity index is 1.13. The number of benzene rings is 1. The van der Waals surface area contributed by atoms with Gasteiger partial charge in [0.2, 0.25) is 0 Å². The van der Waals surface area contributed by atoms with Gasteiger partial charge in [-0.05, 0) is 94.0 Å². The Kier molecular flexibility index (Phi) is 22.3. The molecule has 22 heteroatoms. The molecule has 21 nitrogen and oxygen atoms in total. The molecule has 74 heavy (non-hydrogen) atoms. The molecule has 3 aromatic rings. The van der Waals surface area contributed by atoms with Gasteiger partial charge in [0, 0.05) is 57.6 Å². The van der Waals surface area contributed by atoms with Gasteiger partial charge in [-0.15, -0.1) is 10.2 Å². The molecule has 2 saturated heterocycles. The van der Waals surface area contributed by atoms with Crippen molar-refractivity contribution in [3.05, 3.63) is 66.2 Å². The number of likely N-dealkylation sites (N-methyl/N-ethyl adjacent to an activating group) is 1. The van der Waals surface area contributed by atoms with Crippen LogP contribution < -0.4 is 4.74 Å². The van der Waals surface area contributed by atoms with Gasteiger partial charge >= 0.3 is 5.97 Å². The fraction of sp³-hybridized carbons (Fsp3) is 0.673. The number of hydrogen-bond acceptors (Lipinski definition) is 21. The van der Waals surface area contributed by atoms with Crippen molar-refractivity contribution in [3.63, 3.8) is 0 Å². The lowest BCUT2D eigenvalue weighted by Crippen LogP contribution is -2.64. The Morgan fingerprint density at radius 1 is 0.932 bits per heavy atom. The lowest BCUT2D eigenvalue weighted by atomic mass is 9.79. The van der Waals surface area contributed by atoms with Crippen LogP contribution in [0.3, 0.4) is 0 Å². The van der Waals surface area contributed by atoms with Crippen molar-refractivity contribution in [1.82, 2.24) is 29.5 Å². The summed E-state index contributed by atoms with van der Waals surface area (Å²) in [5.41, 5.74) is 2.37. The number of aliphatic hydroxyl groups excluding tert-OH is 4. The predicted molar refractivity (Wildman–Crippen MR) is 269 cm³/mol. The molecule has 2 aromatic heterocycles. The number of carbonyl (C=O) groups is 3. The number of allylic oxidation sites excluding steroid dienone is 3. The second-order valence-corrected chi connectivity index (χ2v) is 20.5. The van der Waals surface area contributed by atoms with Crippen LogP contribution in [0.15, 0.2) is 60.5 Å². The normalized spacial score (nSPS) is 34.9. The third-order valence-corrected chi connectivity index (χ3v) is 15.1. The second-order valence-electron chi connectivity index (χ2n) is 19.8. The molecule has 2 fully saturated rings. The molecule has 17 atom stereocenters. The van der Waals surface area contributed by atoms with Crippen molar-refractivity contribution in [2.24, 2.45) is 23.7 Å². The fourth-order valence-electron chi connectivity index (χ4n) is 9.94. The maximum absolute atomic E-state index is 13.8. The van der Waals surface area contributed by atoms with Gasteiger partial charge in [0.15, 0.2) is 18.4 Å². The topological polar surface area (TPSA) is 266 Å². The number of aromatic nitrogens is 5. The number of nitrogens with zero attached hydrogens (tertiary/aromatic N) is 6. The van der Waals surface area contributed by atoms with Crippen molar-refractivity contribution in [2.75, 3.05) is 41.0 Å². The van der Waals surface area contributed by atoms with E-state index in [1.807, 2.05) is 50.4 Å². The average Bonchev–Trinajstić information content (AvgIpc) is 4.10. The standard InChI is InChI=1S/C52H76N6O15S/c1-10-41-36(28-69-52-50(67-9)49(66-8)46(64)33(6)71-52)23-29(2)11-16-39(60)30(3)24-35(18-21-59)48(31(4)40(61)25-43(62)72-41)73-51-47(65)44(45(63)32(5)70-51)57(7)19-17-37-27-58(55-54-37)20-22-68-38-14-12-34(13-15-38)42-26-53-56-74-42/h11-16,21,23,26-27,30-33,35-36,40-41,44-52,61,63-65H,10,17-20,22,24-25,28H2,1-9H3/b16-11+,29-23+/t30-,31+,32-,33-,35+,36-,40-,41-,44+,45-,46-,47-,48-,49-,50-,51+,52-/m1/s1. The number of ketones is 1. The van der Waals surface area contributed by atoms with E-state index in [0.717, 1.165) is 16.7 Å². The molecular weight excluding hydrogens is 981 g/mol. The van der Waals surface area contributed by atoms with Crippen LogP contribution in [0.4, 0.5) is 0 Å². The first-order valence-electron chi connectivity index (χ1n) is 25.5. The Morgan fingerprint density at radius 2 is 1.65 bits per heavy atom. The summed E-state index contributed by atoms with van der Waals surface area (Å²) in [5, 5.41) is 58.5. The van der Waals surface area contributed by atoms with Crippen LogP contribution in [0, 0.1) is 23.7 Å². The summed E-state index contributed by atoms with van der Waals surface area (Å²) in [4.78, 5) is 42.8. The summed E-state index contributed by atoms with van der Waals surface area (Å²) in [5.74, 6) is -2.93. The van der Waals surface area contributed by atoms with Crippen LogP contribution in [-0.2, 0) is 60.5 Å². The fourth-order valence-corrected chi connectivity index (χ4v) is 10.5. The molecule has 410 valence electrons. The van der Waals surface area contributed by atoms with Gasteiger partial charge in [0.1, 0.15) is 49.2 Å². The smallest absolute Gasteiger partial charge is 0.308 e.